The molecule has 12 heteroatoms. The van der Waals surface area contributed by atoms with E-state index in [9.17, 15) is 18.3 Å². The summed E-state index contributed by atoms with van der Waals surface area (Å²) in [5, 5.41) is 19.7. The summed E-state index contributed by atoms with van der Waals surface area (Å²) in [4.78, 5) is 8.75. The third-order valence-corrected chi connectivity index (χ3v) is 7.58. The number of pyridine rings is 2. The topological polar surface area (TPSA) is 91.3 Å². The van der Waals surface area contributed by atoms with E-state index in [0.717, 1.165) is 51.1 Å². The lowest BCUT2D eigenvalue weighted by Crippen LogP contribution is -2.44. The van der Waals surface area contributed by atoms with E-state index in [2.05, 4.69) is 25.9 Å². The number of anilines is 2. The molecule has 7 nitrogen and oxygen atoms in total. The van der Waals surface area contributed by atoms with Gasteiger partial charge in [-0.05, 0) is 56.6 Å². The highest BCUT2D eigenvalue weighted by molar-refractivity contribution is 6.36. The monoisotopic (exact) mass is 561 g/mol. The van der Waals surface area contributed by atoms with Crippen LogP contribution in [-0.4, -0.2) is 65.7 Å². The summed E-state index contributed by atoms with van der Waals surface area (Å²) in [6.07, 6.45) is 1.28. The molecule has 4 rings (SSSR count). The van der Waals surface area contributed by atoms with E-state index in [0.29, 0.717) is 45.9 Å². The van der Waals surface area contributed by atoms with Gasteiger partial charge >= 0.3 is 6.18 Å². The van der Waals surface area contributed by atoms with Crippen molar-refractivity contribution in [3.05, 3.63) is 34.7 Å². The lowest BCUT2D eigenvalue weighted by Gasteiger charge is -2.31. The molecular formula is C25H32Cl2F3N5O2. The van der Waals surface area contributed by atoms with E-state index in [1.54, 1.807) is 12.4 Å². The molecule has 2 aliphatic rings. The molecule has 2 fully saturated rings. The van der Waals surface area contributed by atoms with Gasteiger partial charge in [-0.2, -0.15) is 13.2 Å². The Morgan fingerprint density at radius 2 is 1.68 bits per heavy atom. The zero-order valence-electron chi connectivity index (χ0n) is 20.3. The number of aromatic nitrogens is 2. The van der Waals surface area contributed by atoms with Crippen molar-refractivity contribution < 1.29 is 23.0 Å². The van der Waals surface area contributed by atoms with E-state index in [4.69, 9.17) is 27.9 Å². The van der Waals surface area contributed by atoms with E-state index in [1.807, 2.05) is 12.1 Å². The Kier molecular flexibility index (Phi) is 9.74. The quantitative estimate of drug-likeness (QED) is 0.299. The Morgan fingerprint density at radius 1 is 0.973 bits per heavy atom. The molecule has 0 spiro atoms. The van der Waals surface area contributed by atoms with Crippen molar-refractivity contribution >= 4 is 34.7 Å². The Morgan fingerprint density at radius 3 is 2.38 bits per heavy atom. The van der Waals surface area contributed by atoms with Crippen LogP contribution in [0.1, 0.15) is 38.5 Å². The number of aliphatic hydroxyl groups is 1. The molecule has 0 radical (unpaired) electrons. The van der Waals surface area contributed by atoms with Crippen molar-refractivity contribution in [2.45, 2.75) is 62.9 Å². The van der Waals surface area contributed by atoms with Crippen LogP contribution in [0.2, 0.25) is 10.2 Å². The third kappa shape index (κ3) is 8.07. The highest BCUT2D eigenvalue weighted by Crippen LogP contribution is 2.35. The van der Waals surface area contributed by atoms with Gasteiger partial charge in [-0.3, -0.25) is 0 Å². The molecule has 4 N–H and O–H groups in total. The number of ether oxygens (including phenoxy) is 1. The molecule has 37 heavy (non-hydrogen) atoms. The fourth-order valence-electron chi connectivity index (χ4n) is 4.72. The summed E-state index contributed by atoms with van der Waals surface area (Å²) < 4.78 is 43.0. The fraction of sp³-hybridized carbons (Fsp3) is 0.600. The first-order valence-electron chi connectivity index (χ1n) is 12.6. The molecule has 0 unspecified atom stereocenters. The first-order valence-corrected chi connectivity index (χ1v) is 13.3. The molecule has 1 atom stereocenters. The Labute approximate surface area is 224 Å². The number of nitrogens with zero attached hydrogens (tertiary/aromatic N) is 2. The number of aliphatic hydroxyl groups excluding tert-OH is 1. The van der Waals surface area contributed by atoms with Gasteiger partial charge in [0.1, 0.15) is 11.0 Å². The van der Waals surface area contributed by atoms with E-state index in [-0.39, 0.29) is 12.1 Å². The van der Waals surface area contributed by atoms with Gasteiger partial charge in [-0.25, -0.2) is 9.97 Å². The molecule has 3 heterocycles. The summed E-state index contributed by atoms with van der Waals surface area (Å²) >= 11 is 12.9. The second kappa shape index (κ2) is 12.8. The van der Waals surface area contributed by atoms with Gasteiger partial charge < -0.3 is 25.8 Å². The van der Waals surface area contributed by atoms with E-state index in [1.165, 1.54) is 0 Å². The number of halogens is 5. The minimum atomic E-state index is -4.61. The molecule has 0 amide bonds. The van der Waals surface area contributed by atoms with Gasteiger partial charge in [0.2, 0.25) is 0 Å². The van der Waals surface area contributed by atoms with Crippen LogP contribution in [0.25, 0.3) is 11.1 Å². The molecule has 2 aromatic heterocycles. The van der Waals surface area contributed by atoms with Crippen molar-refractivity contribution in [2.24, 2.45) is 5.92 Å². The molecule has 1 aliphatic carbocycles. The molecule has 1 aliphatic heterocycles. The average molecular weight is 562 g/mol. The predicted molar refractivity (Wildman–Crippen MR) is 139 cm³/mol. The second-order valence-electron chi connectivity index (χ2n) is 9.71. The highest BCUT2D eigenvalue weighted by Gasteiger charge is 2.38. The van der Waals surface area contributed by atoms with Crippen LogP contribution in [0.15, 0.2) is 24.5 Å². The Bertz CT molecular complexity index is 1030. The van der Waals surface area contributed by atoms with Gasteiger partial charge in [0.15, 0.2) is 6.10 Å². The predicted octanol–water partition coefficient (Wildman–Crippen LogP) is 5.52. The minimum absolute atomic E-state index is 0.0648. The van der Waals surface area contributed by atoms with Gasteiger partial charge in [0.25, 0.3) is 0 Å². The summed E-state index contributed by atoms with van der Waals surface area (Å²) in [6.45, 7) is 1.91. The lowest BCUT2D eigenvalue weighted by molar-refractivity contribution is -0.202. The Balaban J connectivity index is 1.35. The van der Waals surface area contributed by atoms with E-state index >= 15 is 0 Å². The third-order valence-electron chi connectivity index (χ3n) is 6.98. The van der Waals surface area contributed by atoms with Crippen molar-refractivity contribution in [1.29, 1.82) is 0 Å². The Hall–Kier alpha value is -1.85. The minimum Gasteiger partial charge on any atom is -0.384 e. The molecule has 0 bridgehead atoms. The van der Waals surface area contributed by atoms with Crippen molar-refractivity contribution in [3.63, 3.8) is 0 Å². The fourth-order valence-corrected chi connectivity index (χ4v) is 5.13. The zero-order chi connectivity index (χ0) is 26.4. The molecule has 1 saturated heterocycles. The number of hydrogen-bond acceptors (Lipinski definition) is 7. The normalized spacial score (nSPS) is 22.0. The maximum absolute atomic E-state index is 12.5. The van der Waals surface area contributed by atoms with Crippen LogP contribution < -0.4 is 16.0 Å². The average Bonchev–Trinajstić information content (AvgIpc) is 2.89. The number of alkyl halides is 3. The maximum Gasteiger partial charge on any atom is 0.415 e. The molecular weight excluding hydrogens is 530 g/mol. The van der Waals surface area contributed by atoms with Gasteiger partial charge in [-0.15, -0.1) is 0 Å². The lowest BCUT2D eigenvalue weighted by atomic mass is 9.91. The first-order chi connectivity index (χ1) is 17.7. The second-order valence-corrected chi connectivity index (χ2v) is 10.5. The molecule has 2 aromatic rings. The van der Waals surface area contributed by atoms with Gasteiger partial charge in [0, 0.05) is 55.7 Å². The van der Waals surface area contributed by atoms with Crippen LogP contribution in [0.4, 0.5) is 24.7 Å². The van der Waals surface area contributed by atoms with Crippen molar-refractivity contribution in [2.75, 3.05) is 36.9 Å². The largest absolute Gasteiger partial charge is 0.415 e. The van der Waals surface area contributed by atoms with Crippen LogP contribution in [0.5, 0.6) is 0 Å². The van der Waals surface area contributed by atoms with Gasteiger partial charge in [-0.1, -0.05) is 23.2 Å². The summed E-state index contributed by atoms with van der Waals surface area (Å²) in [5.74, 6) is 1.19. The summed E-state index contributed by atoms with van der Waals surface area (Å²) in [5.41, 5.74) is 2.27. The molecule has 0 aromatic carbocycles. The first kappa shape index (κ1) is 28.2. The number of nitrogens with one attached hydrogen (secondary N) is 3. The highest BCUT2D eigenvalue weighted by atomic mass is 35.5. The van der Waals surface area contributed by atoms with Crippen molar-refractivity contribution in [1.82, 2.24) is 15.3 Å². The van der Waals surface area contributed by atoms with Crippen LogP contribution in [0, 0.1) is 5.92 Å². The number of rotatable bonds is 9. The molecule has 204 valence electrons. The zero-order valence-corrected chi connectivity index (χ0v) is 21.8. The SMILES string of the molecule is O[C@@H](CN[C@H]1CC[C@H](Nc2cc(-c3cc(NCC4CCOCC4)cnc3Cl)c(Cl)cn2)CC1)C(F)(F)F. The van der Waals surface area contributed by atoms with Crippen LogP contribution in [0.3, 0.4) is 0 Å². The summed E-state index contributed by atoms with van der Waals surface area (Å²) in [7, 11) is 0. The van der Waals surface area contributed by atoms with Crippen LogP contribution in [-0.2, 0) is 4.74 Å². The smallest absolute Gasteiger partial charge is 0.384 e. The van der Waals surface area contributed by atoms with Gasteiger partial charge in [0.05, 0.1) is 16.9 Å². The standard InChI is InChI=1S/C25H32Cl2F3N5O2/c26-21-13-33-23(35-17-3-1-16(2-4-17)32-14-22(36)25(28,29)30)10-19(21)20-9-18(12-34-24(20)27)31-11-15-5-7-37-8-6-15/h9-10,12-13,15-17,22,31-32,36H,1-8,11,14H2,(H,33,35)/t16-,17-,22-/m0/s1. The maximum atomic E-state index is 12.5. The number of hydrogen-bond donors (Lipinski definition) is 4. The molecule has 1 saturated carbocycles. The van der Waals surface area contributed by atoms with Crippen LogP contribution >= 0.6 is 23.2 Å². The van der Waals surface area contributed by atoms with Crippen molar-refractivity contribution in [3.8, 4) is 11.1 Å². The summed E-state index contributed by atoms with van der Waals surface area (Å²) in [6, 6.07) is 3.84. The van der Waals surface area contributed by atoms with E-state index < -0.39 is 18.8 Å².